The molecular formula is C32H40O7. The molecule has 0 unspecified atom stereocenters. The van der Waals surface area contributed by atoms with Gasteiger partial charge in [-0.25, -0.2) is 0 Å². The molecule has 1 saturated heterocycles. The number of ether oxygens (including phenoxy) is 7. The van der Waals surface area contributed by atoms with Crippen molar-refractivity contribution in [2.24, 2.45) is 11.8 Å². The van der Waals surface area contributed by atoms with Gasteiger partial charge in [0.2, 0.25) is 0 Å². The molecule has 1 aliphatic rings. The summed E-state index contributed by atoms with van der Waals surface area (Å²) in [6.45, 7) is 2.11. The fourth-order valence-corrected chi connectivity index (χ4v) is 5.16. The highest BCUT2D eigenvalue weighted by Crippen LogP contribution is 2.35. The third-order valence-electron chi connectivity index (χ3n) is 7.32. The predicted octanol–water partition coefficient (Wildman–Crippen LogP) is 5.79. The third-order valence-corrected chi connectivity index (χ3v) is 7.32. The summed E-state index contributed by atoms with van der Waals surface area (Å²) in [5, 5.41) is 0. The molecule has 0 amide bonds. The summed E-state index contributed by atoms with van der Waals surface area (Å²) in [7, 11) is 8.31. The molecule has 1 fully saturated rings. The lowest BCUT2D eigenvalue weighted by Crippen LogP contribution is -2.17. The average molecular weight is 537 g/mol. The minimum Gasteiger partial charge on any atom is -0.493 e. The first kappa shape index (κ1) is 28.4. The zero-order valence-electron chi connectivity index (χ0n) is 23.7. The molecule has 7 nitrogen and oxygen atoms in total. The minimum absolute atomic E-state index is 0.427. The zero-order valence-corrected chi connectivity index (χ0v) is 23.7. The number of hydrogen-bond acceptors (Lipinski definition) is 7. The SMILES string of the molecule is COc1ccc(CCCOc2ccc(C[C@H]3COC[C@@H]3Cc3ccc(OC)c(OC)c3)cc2OC)cc1OC. The standard InChI is InChI=1S/C32H40O7/c1-33-27-11-8-22(17-30(27)35-3)7-6-14-39-29-13-10-24(19-32(29)37-5)16-26-21-38-20-25(26)15-23-9-12-28(34-2)31(18-23)36-4/h8-13,17-19,25-26H,6-7,14-16,20-21H2,1-5H3/t25-,26-/m0/s1. The Bertz CT molecular complexity index is 1210. The van der Waals surface area contributed by atoms with Crippen molar-refractivity contribution in [1.82, 2.24) is 0 Å². The first-order valence-electron chi connectivity index (χ1n) is 13.4. The molecule has 0 aromatic heterocycles. The van der Waals surface area contributed by atoms with E-state index in [1.807, 2.05) is 24.3 Å². The molecule has 210 valence electrons. The van der Waals surface area contributed by atoms with Gasteiger partial charge in [0.15, 0.2) is 34.5 Å². The van der Waals surface area contributed by atoms with Crippen LogP contribution in [-0.4, -0.2) is 55.4 Å². The summed E-state index contributed by atoms with van der Waals surface area (Å²) in [5.41, 5.74) is 3.62. The molecule has 0 N–H and O–H groups in total. The molecule has 0 spiro atoms. The van der Waals surface area contributed by atoms with Crippen molar-refractivity contribution >= 4 is 0 Å². The summed E-state index contributed by atoms with van der Waals surface area (Å²) < 4.78 is 39.3. The second kappa shape index (κ2) is 14.0. The van der Waals surface area contributed by atoms with Crippen LogP contribution in [-0.2, 0) is 24.0 Å². The van der Waals surface area contributed by atoms with Gasteiger partial charge in [0.25, 0.3) is 0 Å². The van der Waals surface area contributed by atoms with Crippen LogP contribution in [0.3, 0.4) is 0 Å². The topological polar surface area (TPSA) is 64.6 Å². The van der Waals surface area contributed by atoms with Crippen molar-refractivity contribution in [3.8, 4) is 34.5 Å². The van der Waals surface area contributed by atoms with Crippen molar-refractivity contribution in [1.29, 1.82) is 0 Å². The number of benzene rings is 3. The summed E-state index contributed by atoms with van der Waals surface area (Å²) in [5.74, 6) is 5.36. The van der Waals surface area contributed by atoms with Gasteiger partial charge in [-0.15, -0.1) is 0 Å². The van der Waals surface area contributed by atoms with E-state index in [-0.39, 0.29) is 0 Å². The Kier molecular flexibility index (Phi) is 10.2. The van der Waals surface area contributed by atoms with Gasteiger partial charge in [0.05, 0.1) is 55.4 Å². The first-order valence-corrected chi connectivity index (χ1v) is 13.4. The number of methoxy groups -OCH3 is 5. The molecule has 7 heteroatoms. The molecule has 1 aliphatic heterocycles. The highest BCUT2D eigenvalue weighted by Gasteiger charge is 2.29. The van der Waals surface area contributed by atoms with Crippen LogP contribution < -0.4 is 28.4 Å². The normalized spacial score (nSPS) is 16.5. The summed E-state index contributed by atoms with van der Waals surface area (Å²) in [6, 6.07) is 18.4. The number of hydrogen-bond donors (Lipinski definition) is 0. The van der Waals surface area contributed by atoms with Crippen LogP contribution in [0.25, 0.3) is 0 Å². The summed E-state index contributed by atoms with van der Waals surface area (Å²) in [4.78, 5) is 0. The molecule has 2 atom stereocenters. The van der Waals surface area contributed by atoms with Crippen LogP contribution in [0.2, 0.25) is 0 Å². The van der Waals surface area contributed by atoms with Crippen molar-refractivity contribution in [2.75, 3.05) is 55.4 Å². The fraction of sp³-hybridized carbons (Fsp3) is 0.438. The van der Waals surface area contributed by atoms with Crippen molar-refractivity contribution in [3.05, 3.63) is 71.3 Å². The molecule has 39 heavy (non-hydrogen) atoms. The van der Waals surface area contributed by atoms with E-state index < -0.39 is 0 Å². The highest BCUT2D eigenvalue weighted by atomic mass is 16.5. The Morgan fingerprint density at radius 2 is 1.00 bits per heavy atom. The molecular weight excluding hydrogens is 496 g/mol. The molecule has 0 aliphatic carbocycles. The van der Waals surface area contributed by atoms with Crippen LogP contribution in [0.1, 0.15) is 23.1 Å². The third kappa shape index (κ3) is 7.30. The van der Waals surface area contributed by atoms with E-state index in [0.717, 1.165) is 73.4 Å². The van der Waals surface area contributed by atoms with Gasteiger partial charge < -0.3 is 33.2 Å². The number of aryl methyl sites for hydroxylation is 1. The Hall–Kier alpha value is -3.58. The van der Waals surface area contributed by atoms with E-state index in [2.05, 4.69) is 30.3 Å². The van der Waals surface area contributed by atoms with Gasteiger partial charge in [-0.3, -0.25) is 0 Å². The molecule has 0 radical (unpaired) electrons. The van der Waals surface area contributed by atoms with Crippen LogP contribution in [0.5, 0.6) is 34.5 Å². The van der Waals surface area contributed by atoms with Crippen LogP contribution in [0.4, 0.5) is 0 Å². The van der Waals surface area contributed by atoms with Gasteiger partial charge in [0.1, 0.15) is 0 Å². The fourth-order valence-electron chi connectivity index (χ4n) is 5.16. The monoisotopic (exact) mass is 536 g/mol. The molecule has 0 bridgehead atoms. The maximum atomic E-state index is 6.09. The second-order valence-corrected chi connectivity index (χ2v) is 9.78. The average Bonchev–Trinajstić information content (AvgIpc) is 3.41. The Morgan fingerprint density at radius 3 is 1.51 bits per heavy atom. The van der Waals surface area contributed by atoms with Crippen molar-refractivity contribution in [3.63, 3.8) is 0 Å². The van der Waals surface area contributed by atoms with E-state index in [1.165, 1.54) is 16.7 Å². The Labute approximate surface area is 231 Å². The van der Waals surface area contributed by atoms with Gasteiger partial charge in [-0.05, 0) is 90.6 Å². The Balaban J connectivity index is 1.32. The maximum absolute atomic E-state index is 6.09. The van der Waals surface area contributed by atoms with E-state index in [9.17, 15) is 0 Å². The molecule has 1 heterocycles. The van der Waals surface area contributed by atoms with E-state index >= 15 is 0 Å². The highest BCUT2D eigenvalue weighted by molar-refractivity contribution is 5.45. The lowest BCUT2D eigenvalue weighted by atomic mass is 9.85. The van der Waals surface area contributed by atoms with Crippen molar-refractivity contribution in [2.45, 2.75) is 25.7 Å². The molecule has 3 aromatic carbocycles. The van der Waals surface area contributed by atoms with Gasteiger partial charge in [-0.1, -0.05) is 18.2 Å². The zero-order chi connectivity index (χ0) is 27.6. The smallest absolute Gasteiger partial charge is 0.161 e. The Morgan fingerprint density at radius 1 is 0.564 bits per heavy atom. The van der Waals surface area contributed by atoms with Crippen molar-refractivity contribution < 1.29 is 33.2 Å². The largest absolute Gasteiger partial charge is 0.493 e. The molecule has 3 aromatic rings. The summed E-state index contributed by atoms with van der Waals surface area (Å²) in [6.07, 6.45) is 3.61. The molecule has 0 saturated carbocycles. The van der Waals surface area contributed by atoms with E-state index in [1.54, 1.807) is 35.5 Å². The second-order valence-electron chi connectivity index (χ2n) is 9.78. The van der Waals surface area contributed by atoms with Gasteiger partial charge >= 0.3 is 0 Å². The predicted molar refractivity (Wildman–Crippen MR) is 151 cm³/mol. The van der Waals surface area contributed by atoms with E-state index in [0.29, 0.717) is 18.4 Å². The molecule has 4 rings (SSSR count). The quantitative estimate of drug-likeness (QED) is 0.242. The first-order chi connectivity index (χ1) is 19.1. The van der Waals surface area contributed by atoms with Crippen LogP contribution >= 0.6 is 0 Å². The lowest BCUT2D eigenvalue weighted by Gasteiger charge is -2.19. The van der Waals surface area contributed by atoms with Gasteiger partial charge in [0, 0.05) is 0 Å². The van der Waals surface area contributed by atoms with Crippen LogP contribution in [0, 0.1) is 11.8 Å². The minimum atomic E-state index is 0.427. The van der Waals surface area contributed by atoms with Gasteiger partial charge in [-0.2, -0.15) is 0 Å². The lowest BCUT2D eigenvalue weighted by molar-refractivity contribution is 0.180. The number of rotatable bonds is 14. The van der Waals surface area contributed by atoms with Crippen LogP contribution in [0.15, 0.2) is 54.6 Å². The maximum Gasteiger partial charge on any atom is 0.161 e. The van der Waals surface area contributed by atoms with E-state index in [4.69, 9.17) is 33.2 Å². The summed E-state index contributed by atoms with van der Waals surface area (Å²) >= 11 is 0.